The molecule has 0 aromatic rings. The molecule has 7 heteroatoms. The first-order chi connectivity index (χ1) is 8.50. The van der Waals surface area contributed by atoms with E-state index < -0.39 is 9.84 Å². The normalized spacial score (nSPS) is 22.0. The highest BCUT2D eigenvalue weighted by Gasteiger charge is 2.33. The van der Waals surface area contributed by atoms with Crippen LogP contribution < -0.4 is 5.32 Å². The van der Waals surface area contributed by atoms with Gasteiger partial charge >= 0.3 is 0 Å². The van der Waals surface area contributed by atoms with Crippen LogP contribution in [-0.4, -0.2) is 68.6 Å². The van der Waals surface area contributed by atoms with Crippen LogP contribution in [0.5, 0.6) is 0 Å². The van der Waals surface area contributed by atoms with E-state index in [2.05, 4.69) is 5.32 Å². The molecule has 1 saturated heterocycles. The van der Waals surface area contributed by atoms with E-state index in [9.17, 15) is 13.2 Å². The molecular weight excluding hydrogens is 256 g/mol. The van der Waals surface area contributed by atoms with Crippen LogP contribution in [0.15, 0.2) is 0 Å². The maximum absolute atomic E-state index is 12.0. The summed E-state index contributed by atoms with van der Waals surface area (Å²) in [7, 11) is -1.19. The number of sulfone groups is 1. The Hall–Kier alpha value is -0.660. The second-order valence-corrected chi connectivity index (χ2v) is 6.80. The van der Waals surface area contributed by atoms with Crippen LogP contribution in [0, 0.1) is 0 Å². The van der Waals surface area contributed by atoms with Crippen molar-refractivity contribution in [3.05, 3.63) is 0 Å². The standard InChI is InChI=1S/C11H22N2O4S/c1-12-5-2-3-11(15)13(6-7-14)10-4-8-18(16,17)9-10/h10,12,14H,2-9H2,1H3. The van der Waals surface area contributed by atoms with E-state index in [0.29, 0.717) is 12.8 Å². The minimum atomic E-state index is -3.01. The molecule has 1 unspecified atom stereocenters. The first-order valence-corrected chi connectivity index (χ1v) is 8.07. The third-order valence-electron chi connectivity index (χ3n) is 3.13. The SMILES string of the molecule is CNCCCC(=O)N(CCO)C1CCS(=O)(=O)C1. The van der Waals surface area contributed by atoms with Gasteiger partial charge in [-0.25, -0.2) is 8.42 Å². The molecule has 0 spiro atoms. The van der Waals surface area contributed by atoms with Crippen LogP contribution >= 0.6 is 0 Å². The van der Waals surface area contributed by atoms with E-state index in [1.165, 1.54) is 4.90 Å². The highest BCUT2D eigenvalue weighted by atomic mass is 32.2. The zero-order valence-electron chi connectivity index (χ0n) is 10.8. The van der Waals surface area contributed by atoms with Gasteiger partial charge in [-0.1, -0.05) is 0 Å². The van der Waals surface area contributed by atoms with Gasteiger partial charge in [-0.2, -0.15) is 0 Å². The molecule has 0 radical (unpaired) electrons. The van der Waals surface area contributed by atoms with Crippen molar-refractivity contribution in [1.82, 2.24) is 10.2 Å². The van der Waals surface area contributed by atoms with Crippen molar-refractivity contribution in [3.63, 3.8) is 0 Å². The smallest absolute Gasteiger partial charge is 0.222 e. The van der Waals surface area contributed by atoms with E-state index in [4.69, 9.17) is 5.11 Å². The van der Waals surface area contributed by atoms with Crippen LogP contribution in [-0.2, 0) is 14.6 Å². The Labute approximate surface area is 108 Å². The number of aliphatic hydroxyl groups excluding tert-OH is 1. The van der Waals surface area contributed by atoms with Gasteiger partial charge in [0.05, 0.1) is 18.1 Å². The summed E-state index contributed by atoms with van der Waals surface area (Å²) >= 11 is 0. The number of aliphatic hydroxyl groups is 1. The number of hydrogen-bond donors (Lipinski definition) is 2. The molecular formula is C11H22N2O4S. The molecule has 0 saturated carbocycles. The average Bonchev–Trinajstić information content (AvgIpc) is 2.66. The molecule has 6 nitrogen and oxygen atoms in total. The van der Waals surface area contributed by atoms with Gasteiger partial charge in [-0.3, -0.25) is 4.79 Å². The zero-order chi connectivity index (χ0) is 13.6. The lowest BCUT2D eigenvalue weighted by atomic mass is 10.2. The molecule has 1 heterocycles. The molecule has 18 heavy (non-hydrogen) atoms. The molecule has 1 aliphatic rings. The molecule has 106 valence electrons. The molecule has 1 atom stereocenters. The molecule has 1 rings (SSSR count). The first kappa shape index (κ1) is 15.4. The molecule has 0 aromatic heterocycles. The molecule has 1 aliphatic heterocycles. The number of carbonyl (C=O) groups excluding carboxylic acids is 1. The average molecular weight is 278 g/mol. The highest BCUT2D eigenvalue weighted by molar-refractivity contribution is 7.91. The number of nitrogens with one attached hydrogen (secondary N) is 1. The van der Waals surface area contributed by atoms with Crippen LogP contribution in [0.25, 0.3) is 0 Å². The molecule has 0 bridgehead atoms. The second kappa shape index (κ2) is 7.06. The number of hydrogen-bond acceptors (Lipinski definition) is 5. The fourth-order valence-corrected chi connectivity index (χ4v) is 3.93. The minimum absolute atomic E-state index is 0.0325. The zero-order valence-corrected chi connectivity index (χ0v) is 11.6. The molecule has 1 fully saturated rings. The van der Waals surface area contributed by atoms with Crippen molar-refractivity contribution in [1.29, 1.82) is 0 Å². The molecule has 2 N–H and O–H groups in total. The Balaban J connectivity index is 2.56. The van der Waals surface area contributed by atoms with Gasteiger partial charge in [0.1, 0.15) is 0 Å². The third-order valence-corrected chi connectivity index (χ3v) is 4.88. The Bertz CT molecular complexity index is 369. The summed E-state index contributed by atoms with van der Waals surface area (Å²) in [4.78, 5) is 13.5. The van der Waals surface area contributed by atoms with E-state index in [1.54, 1.807) is 0 Å². The lowest BCUT2D eigenvalue weighted by Crippen LogP contribution is -2.42. The lowest BCUT2D eigenvalue weighted by Gasteiger charge is -2.27. The van der Waals surface area contributed by atoms with Gasteiger partial charge in [-0.15, -0.1) is 0 Å². The van der Waals surface area contributed by atoms with Crippen molar-refractivity contribution >= 4 is 15.7 Å². The van der Waals surface area contributed by atoms with E-state index in [0.717, 1.165) is 13.0 Å². The monoisotopic (exact) mass is 278 g/mol. The number of carbonyl (C=O) groups is 1. The Kier molecular flexibility index (Phi) is 6.04. The molecule has 0 aromatic carbocycles. The van der Waals surface area contributed by atoms with Gasteiger partial charge in [0.2, 0.25) is 5.91 Å². The quantitative estimate of drug-likeness (QED) is 0.583. The fourth-order valence-electron chi connectivity index (χ4n) is 2.20. The van der Waals surface area contributed by atoms with Crippen molar-refractivity contribution in [2.45, 2.75) is 25.3 Å². The summed E-state index contributed by atoms with van der Waals surface area (Å²) in [6, 6.07) is -0.260. The molecule has 0 aliphatic carbocycles. The van der Waals surface area contributed by atoms with Crippen molar-refractivity contribution in [2.75, 3.05) is 38.2 Å². The number of amides is 1. The predicted octanol–water partition coefficient (Wildman–Crippen LogP) is -1.01. The third kappa shape index (κ3) is 4.55. The Morgan fingerprint density at radius 2 is 2.22 bits per heavy atom. The van der Waals surface area contributed by atoms with Crippen LogP contribution in [0.4, 0.5) is 0 Å². The fraction of sp³-hybridized carbons (Fsp3) is 0.909. The predicted molar refractivity (Wildman–Crippen MR) is 69.0 cm³/mol. The maximum Gasteiger partial charge on any atom is 0.222 e. The van der Waals surface area contributed by atoms with Crippen LogP contribution in [0.1, 0.15) is 19.3 Å². The van der Waals surface area contributed by atoms with E-state index in [1.807, 2.05) is 7.05 Å². The summed E-state index contributed by atoms with van der Waals surface area (Å²) in [6.07, 6.45) is 1.59. The largest absolute Gasteiger partial charge is 0.395 e. The number of rotatable bonds is 7. The van der Waals surface area contributed by atoms with Crippen LogP contribution in [0.3, 0.4) is 0 Å². The maximum atomic E-state index is 12.0. The topological polar surface area (TPSA) is 86.7 Å². The van der Waals surface area contributed by atoms with Gasteiger partial charge < -0.3 is 15.3 Å². The second-order valence-electron chi connectivity index (χ2n) is 4.57. The lowest BCUT2D eigenvalue weighted by molar-refractivity contribution is -0.133. The Morgan fingerprint density at radius 1 is 1.50 bits per heavy atom. The van der Waals surface area contributed by atoms with Gasteiger partial charge in [0, 0.05) is 19.0 Å². The number of nitrogens with zero attached hydrogens (tertiary/aromatic N) is 1. The van der Waals surface area contributed by atoms with Crippen LogP contribution in [0.2, 0.25) is 0 Å². The summed E-state index contributed by atoms with van der Waals surface area (Å²) in [5.74, 6) is 0.107. The van der Waals surface area contributed by atoms with Gasteiger partial charge in [-0.05, 0) is 26.4 Å². The van der Waals surface area contributed by atoms with Gasteiger partial charge in [0.15, 0.2) is 9.84 Å². The Morgan fingerprint density at radius 3 is 2.72 bits per heavy atom. The van der Waals surface area contributed by atoms with Crippen molar-refractivity contribution in [2.24, 2.45) is 0 Å². The summed E-state index contributed by atoms with van der Waals surface area (Å²) in [5.41, 5.74) is 0. The highest BCUT2D eigenvalue weighted by Crippen LogP contribution is 2.18. The first-order valence-electron chi connectivity index (χ1n) is 6.25. The molecule has 1 amide bonds. The van der Waals surface area contributed by atoms with E-state index in [-0.39, 0.29) is 36.6 Å². The minimum Gasteiger partial charge on any atom is -0.395 e. The summed E-state index contributed by atoms with van der Waals surface area (Å²) in [5, 5.41) is 12.0. The van der Waals surface area contributed by atoms with Crippen molar-refractivity contribution < 1.29 is 18.3 Å². The van der Waals surface area contributed by atoms with Gasteiger partial charge in [0.25, 0.3) is 0 Å². The summed E-state index contributed by atoms with van der Waals surface area (Å²) in [6.45, 7) is 0.842. The van der Waals surface area contributed by atoms with Crippen molar-refractivity contribution in [3.8, 4) is 0 Å². The summed E-state index contributed by atoms with van der Waals surface area (Å²) < 4.78 is 22.8. The van der Waals surface area contributed by atoms with E-state index >= 15 is 0 Å².